The molecule has 0 spiro atoms. The minimum Gasteiger partial charge on any atom is -0.490 e. The summed E-state index contributed by atoms with van der Waals surface area (Å²) < 4.78 is 17.7. The molecule has 0 aromatic heterocycles. The first-order valence-corrected chi connectivity index (χ1v) is 9.89. The van der Waals surface area contributed by atoms with E-state index in [1.807, 2.05) is 44.2 Å². The minimum atomic E-state index is -0.476. The van der Waals surface area contributed by atoms with Crippen molar-refractivity contribution in [1.82, 2.24) is 0 Å². The number of aryl methyl sites for hydroxylation is 1. The molecule has 0 saturated carbocycles. The van der Waals surface area contributed by atoms with Crippen LogP contribution in [0.2, 0.25) is 0 Å². The molecule has 2 aromatic rings. The zero-order valence-corrected chi connectivity index (χ0v) is 17.9. The van der Waals surface area contributed by atoms with Crippen molar-refractivity contribution in [3.05, 3.63) is 75.0 Å². The van der Waals surface area contributed by atoms with Crippen LogP contribution in [-0.2, 0) is 9.53 Å². The minimum absolute atomic E-state index is 0.244. The quantitative estimate of drug-likeness (QED) is 0.240. The van der Waals surface area contributed by atoms with Gasteiger partial charge < -0.3 is 14.2 Å². The normalized spacial score (nSPS) is 14.6. The van der Waals surface area contributed by atoms with Gasteiger partial charge in [0, 0.05) is 9.13 Å². The summed E-state index contributed by atoms with van der Waals surface area (Å²) in [6, 6.07) is 11.3. The van der Waals surface area contributed by atoms with Crippen LogP contribution in [0, 0.1) is 10.5 Å². The second-order valence-electron chi connectivity index (χ2n) is 6.04. The van der Waals surface area contributed by atoms with Crippen molar-refractivity contribution in [2.75, 3.05) is 13.2 Å². The average molecular weight is 489 g/mol. The molecule has 0 aliphatic carbocycles. The van der Waals surface area contributed by atoms with E-state index in [-0.39, 0.29) is 5.70 Å². The molecule has 5 nitrogen and oxygen atoms in total. The standard InChI is InChI=1S/C22H20INO4/c1-4-10-27-19-9-6-15(13-20(19)26-5-2)12-18-22(25)28-21(24-18)16-7-8-17(23)14(3)11-16/h4,6-9,11-13H,1,5,10H2,2-3H3/b18-12-. The Balaban J connectivity index is 1.90. The van der Waals surface area contributed by atoms with E-state index < -0.39 is 5.97 Å². The summed E-state index contributed by atoms with van der Waals surface area (Å²) >= 11 is 2.26. The molecule has 3 rings (SSSR count). The predicted molar refractivity (Wildman–Crippen MR) is 118 cm³/mol. The van der Waals surface area contributed by atoms with Gasteiger partial charge in [-0.1, -0.05) is 18.7 Å². The van der Waals surface area contributed by atoms with Crippen LogP contribution in [-0.4, -0.2) is 25.1 Å². The fourth-order valence-corrected chi connectivity index (χ4v) is 2.95. The van der Waals surface area contributed by atoms with Crippen molar-refractivity contribution in [3.63, 3.8) is 0 Å². The van der Waals surface area contributed by atoms with Crippen LogP contribution in [0.3, 0.4) is 0 Å². The molecule has 6 heteroatoms. The highest BCUT2D eigenvalue weighted by Gasteiger charge is 2.24. The van der Waals surface area contributed by atoms with Crippen molar-refractivity contribution in [2.24, 2.45) is 4.99 Å². The number of halogens is 1. The predicted octanol–water partition coefficient (Wildman–Crippen LogP) is 4.91. The number of nitrogens with zero attached hydrogens (tertiary/aromatic N) is 1. The molecule has 0 unspecified atom stereocenters. The fourth-order valence-electron chi connectivity index (χ4n) is 2.62. The van der Waals surface area contributed by atoms with E-state index in [9.17, 15) is 4.79 Å². The molecule has 0 amide bonds. The Morgan fingerprint density at radius 2 is 2.00 bits per heavy atom. The highest BCUT2D eigenvalue weighted by Crippen LogP contribution is 2.30. The first kappa shape index (κ1) is 20.1. The van der Waals surface area contributed by atoms with Crippen molar-refractivity contribution < 1.29 is 19.0 Å². The first-order valence-electron chi connectivity index (χ1n) is 8.81. The summed E-state index contributed by atoms with van der Waals surface area (Å²) in [6.07, 6.45) is 3.34. The molecule has 2 aromatic carbocycles. The van der Waals surface area contributed by atoms with Crippen LogP contribution in [0.25, 0.3) is 6.08 Å². The summed E-state index contributed by atoms with van der Waals surface area (Å²) in [4.78, 5) is 16.6. The maximum Gasteiger partial charge on any atom is 0.363 e. The molecule has 1 heterocycles. The second-order valence-corrected chi connectivity index (χ2v) is 7.20. The number of hydrogen-bond donors (Lipinski definition) is 0. The van der Waals surface area contributed by atoms with Gasteiger partial charge in [-0.05, 0) is 84.0 Å². The monoisotopic (exact) mass is 489 g/mol. The summed E-state index contributed by atoms with van der Waals surface area (Å²) in [5.74, 6) is 1.06. The third kappa shape index (κ3) is 4.62. The van der Waals surface area contributed by atoms with Crippen molar-refractivity contribution >= 4 is 40.5 Å². The molecule has 28 heavy (non-hydrogen) atoms. The molecular weight excluding hydrogens is 469 g/mol. The van der Waals surface area contributed by atoms with Gasteiger partial charge >= 0.3 is 5.97 Å². The Kier molecular flexibility index (Phi) is 6.51. The Bertz CT molecular complexity index is 978. The zero-order chi connectivity index (χ0) is 20.1. The van der Waals surface area contributed by atoms with Gasteiger partial charge in [0.25, 0.3) is 0 Å². The largest absolute Gasteiger partial charge is 0.490 e. The molecule has 0 radical (unpaired) electrons. The Hall–Kier alpha value is -2.61. The van der Waals surface area contributed by atoms with Gasteiger partial charge in [-0.2, -0.15) is 0 Å². The van der Waals surface area contributed by atoms with E-state index in [0.29, 0.717) is 30.6 Å². The second kappa shape index (κ2) is 9.05. The van der Waals surface area contributed by atoms with E-state index in [4.69, 9.17) is 14.2 Å². The molecule has 0 N–H and O–H groups in total. The highest BCUT2D eigenvalue weighted by atomic mass is 127. The van der Waals surface area contributed by atoms with E-state index >= 15 is 0 Å². The molecule has 0 saturated heterocycles. The lowest BCUT2D eigenvalue weighted by Crippen LogP contribution is -2.05. The Labute approximate surface area is 177 Å². The van der Waals surface area contributed by atoms with Gasteiger partial charge in [0.15, 0.2) is 17.2 Å². The van der Waals surface area contributed by atoms with Gasteiger partial charge in [0.2, 0.25) is 5.90 Å². The van der Waals surface area contributed by atoms with Crippen LogP contribution in [0.5, 0.6) is 11.5 Å². The van der Waals surface area contributed by atoms with Crippen LogP contribution >= 0.6 is 22.6 Å². The number of rotatable bonds is 7. The molecule has 1 aliphatic heterocycles. The summed E-state index contributed by atoms with van der Waals surface area (Å²) in [6.45, 7) is 8.44. The number of cyclic esters (lactones) is 1. The van der Waals surface area contributed by atoms with E-state index in [2.05, 4.69) is 34.2 Å². The molecule has 0 atom stereocenters. The maximum atomic E-state index is 12.3. The number of hydrogen-bond acceptors (Lipinski definition) is 5. The van der Waals surface area contributed by atoms with Gasteiger partial charge in [0.05, 0.1) is 6.61 Å². The molecular formula is C22H20INO4. The summed E-state index contributed by atoms with van der Waals surface area (Å²) in [5, 5.41) is 0. The molecule has 0 fully saturated rings. The van der Waals surface area contributed by atoms with Gasteiger partial charge in [-0.3, -0.25) is 0 Å². The van der Waals surface area contributed by atoms with Gasteiger partial charge in [0.1, 0.15) is 6.61 Å². The number of ether oxygens (including phenoxy) is 3. The van der Waals surface area contributed by atoms with E-state index in [0.717, 1.165) is 20.3 Å². The molecule has 0 bridgehead atoms. The topological polar surface area (TPSA) is 57.1 Å². The number of aliphatic imine (C=N–C) groups is 1. The fraction of sp³-hybridized carbons (Fsp3) is 0.182. The number of benzene rings is 2. The third-order valence-electron chi connectivity index (χ3n) is 3.95. The van der Waals surface area contributed by atoms with Gasteiger partial charge in [-0.25, -0.2) is 9.79 Å². The van der Waals surface area contributed by atoms with Crippen molar-refractivity contribution in [1.29, 1.82) is 0 Å². The summed E-state index contributed by atoms with van der Waals surface area (Å²) in [7, 11) is 0. The summed E-state index contributed by atoms with van der Waals surface area (Å²) in [5.41, 5.74) is 2.89. The number of esters is 1. The van der Waals surface area contributed by atoms with E-state index in [1.165, 1.54) is 0 Å². The maximum absolute atomic E-state index is 12.3. The van der Waals surface area contributed by atoms with Crippen molar-refractivity contribution in [2.45, 2.75) is 13.8 Å². The van der Waals surface area contributed by atoms with Crippen LogP contribution < -0.4 is 9.47 Å². The number of carbonyl (C=O) groups excluding carboxylic acids is 1. The highest BCUT2D eigenvalue weighted by molar-refractivity contribution is 14.1. The average Bonchev–Trinajstić information content (AvgIpc) is 3.04. The molecule has 144 valence electrons. The smallest absolute Gasteiger partial charge is 0.363 e. The molecule has 1 aliphatic rings. The lowest BCUT2D eigenvalue weighted by Gasteiger charge is -2.11. The van der Waals surface area contributed by atoms with Crippen LogP contribution in [0.1, 0.15) is 23.6 Å². The lowest BCUT2D eigenvalue weighted by atomic mass is 10.1. The van der Waals surface area contributed by atoms with Crippen LogP contribution in [0.15, 0.2) is 59.7 Å². The lowest BCUT2D eigenvalue weighted by molar-refractivity contribution is -0.129. The van der Waals surface area contributed by atoms with Gasteiger partial charge in [-0.15, -0.1) is 0 Å². The third-order valence-corrected chi connectivity index (χ3v) is 5.16. The van der Waals surface area contributed by atoms with E-state index in [1.54, 1.807) is 18.2 Å². The van der Waals surface area contributed by atoms with Crippen molar-refractivity contribution in [3.8, 4) is 11.5 Å². The number of carbonyl (C=O) groups is 1. The van der Waals surface area contributed by atoms with Crippen LogP contribution in [0.4, 0.5) is 0 Å². The first-order chi connectivity index (χ1) is 13.5. The SMILES string of the molecule is C=CCOc1ccc(/C=C2\N=C(c3ccc(I)c(C)c3)OC2=O)cc1OCC. The Morgan fingerprint density at radius 1 is 1.18 bits per heavy atom. The zero-order valence-electron chi connectivity index (χ0n) is 15.7. The Morgan fingerprint density at radius 3 is 2.71 bits per heavy atom.